The normalized spacial score (nSPS) is 22.8. The summed E-state index contributed by atoms with van der Waals surface area (Å²) in [7, 11) is 0. The fourth-order valence-electron chi connectivity index (χ4n) is 4.70. The number of rotatable bonds is 4. The van der Waals surface area contributed by atoms with Crippen molar-refractivity contribution in [2.24, 2.45) is 0 Å². The van der Waals surface area contributed by atoms with E-state index in [1.54, 1.807) is 6.07 Å². The molecule has 4 rings (SSSR count). The first kappa shape index (κ1) is 20.4. The summed E-state index contributed by atoms with van der Waals surface area (Å²) in [6, 6.07) is 5.94. The summed E-state index contributed by atoms with van der Waals surface area (Å²) in [5.41, 5.74) is 4.72. The van der Waals surface area contributed by atoms with Crippen LogP contribution >= 0.6 is 0 Å². The van der Waals surface area contributed by atoms with Gasteiger partial charge in [0.25, 0.3) is 5.91 Å². The Morgan fingerprint density at radius 2 is 1.90 bits per heavy atom. The third-order valence-corrected chi connectivity index (χ3v) is 6.47. The van der Waals surface area contributed by atoms with Crippen LogP contribution in [0.5, 0.6) is 0 Å². The number of piperidine rings is 1. The zero-order chi connectivity index (χ0) is 21.3. The lowest BCUT2D eigenvalue weighted by atomic mass is 9.95. The Hall–Kier alpha value is -2.86. The van der Waals surface area contributed by atoms with Gasteiger partial charge in [0, 0.05) is 43.3 Å². The van der Waals surface area contributed by atoms with Crippen LogP contribution in [-0.4, -0.2) is 54.0 Å². The number of cyclic esters (lactones) is 1. The van der Waals surface area contributed by atoms with Gasteiger partial charge in [0.1, 0.15) is 6.10 Å². The predicted octanol–water partition coefficient (Wildman–Crippen LogP) is 4.29. The summed E-state index contributed by atoms with van der Waals surface area (Å²) < 4.78 is 5.16. The number of anilines is 1. The molecule has 0 aromatic heterocycles. The van der Waals surface area contributed by atoms with Gasteiger partial charge in [0.2, 0.25) is 0 Å². The molecule has 30 heavy (non-hydrogen) atoms. The minimum Gasteiger partial charge on any atom is -0.441 e. The van der Waals surface area contributed by atoms with Crippen molar-refractivity contribution in [3.05, 3.63) is 65.8 Å². The Bertz CT molecular complexity index is 912. The molecule has 3 heterocycles. The van der Waals surface area contributed by atoms with E-state index in [9.17, 15) is 9.59 Å². The third-order valence-electron chi connectivity index (χ3n) is 6.47. The molecular weight excluding hydrogens is 378 g/mol. The van der Waals surface area contributed by atoms with Crippen molar-refractivity contribution < 1.29 is 14.3 Å². The fourth-order valence-corrected chi connectivity index (χ4v) is 4.70. The highest BCUT2D eigenvalue weighted by atomic mass is 16.6. The topological polar surface area (TPSA) is 61.9 Å². The molecule has 1 saturated heterocycles. The number of hydrogen-bond donors (Lipinski definition) is 1. The van der Waals surface area contributed by atoms with Gasteiger partial charge in [-0.15, -0.1) is 0 Å². The molecule has 1 N–H and O–H groups in total. The highest BCUT2D eigenvalue weighted by molar-refractivity contribution is 5.97. The van der Waals surface area contributed by atoms with E-state index < -0.39 is 6.09 Å². The predicted molar refractivity (Wildman–Crippen MR) is 117 cm³/mol. The first-order chi connectivity index (χ1) is 14.5. The number of nitrogens with one attached hydrogen (secondary N) is 1. The molecule has 2 amide bonds. The van der Waals surface area contributed by atoms with Crippen LogP contribution in [0.2, 0.25) is 0 Å². The van der Waals surface area contributed by atoms with Crippen LogP contribution in [0.4, 0.5) is 10.5 Å². The summed E-state index contributed by atoms with van der Waals surface area (Å²) in [6.45, 7) is 13.1. The van der Waals surface area contributed by atoms with Crippen molar-refractivity contribution in [2.75, 3.05) is 31.5 Å². The van der Waals surface area contributed by atoms with Crippen LogP contribution in [-0.2, 0) is 4.74 Å². The van der Waals surface area contributed by atoms with E-state index in [2.05, 4.69) is 23.4 Å². The van der Waals surface area contributed by atoms with Crippen LogP contribution in [0.15, 0.2) is 54.7 Å². The Balaban J connectivity index is 1.39. The lowest BCUT2D eigenvalue weighted by molar-refractivity contribution is 0.0625. The lowest BCUT2D eigenvalue weighted by Crippen LogP contribution is -2.48. The molecule has 3 aliphatic rings. The molecular formula is C24H29N3O3. The van der Waals surface area contributed by atoms with Gasteiger partial charge in [-0.2, -0.15) is 0 Å². The van der Waals surface area contributed by atoms with E-state index in [0.717, 1.165) is 51.0 Å². The number of amides is 2. The van der Waals surface area contributed by atoms with Crippen molar-refractivity contribution in [1.29, 1.82) is 0 Å². The second-order valence-electron chi connectivity index (χ2n) is 8.18. The Labute approximate surface area is 177 Å². The van der Waals surface area contributed by atoms with Crippen molar-refractivity contribution in [3.63, 3.8) is 0 Å². The van der Waals surface area contributed by atoms with Crippen molar-refractivity contribution in [3.8, 4) is 0 Å². The minimum absolute atomic E-state index is 0.0175. The molecule has 158 valence electrons. The average Bonchev–Trinajstić information content (AvgIpc) is 2.77. The number of nitrogens with zero attached hydrogens (tertiary/aromatic N) is 2. The number of benzene rings is 1. The second-order valence-corrected chi connectivity index (χ2v) is 8.18. The number of hydrogen-bond acceptors (Lipinski definition) is 4. The molecule has 1 aromatic carbocycles. The van der Waals surface area contributed by atoms with Gasteiger partial charge < -0.3 is 9.64 Å². The van der Waals surface area contributed by atoms with Crippen LogP contribution in [0, 0.1) is 0 Å². The quantitative estimate of drug-likeness (QED) is 0.809. The molecule has 0 radical (unpaired) electrons. The maximum absolute atomic E-state index is 13.0. The van der Waals surface area contributed by atoms with E-state index in [0.29, 0.717) is 17.3 Å². The van der Waals surface area contributed by atoms with Crippen LogP contribution in [0.25, 0.3) is 0 Å². The van der Waals surface area contributed by atoms with Crippen LogP contribution in [0.3, 0.4) is 0 Å². The van der Waals surface area contributed by atoms with Gasteiger partial charge in [-0.05, 0) is 49.5 Å². The van der Waals surface area contributed by atoms with Crippen molar-refractivity contribution in [1.82, 2.24) is 9.80 Å². The number of ether oxygens (including phenoxy) is 1. The first-order valence-electron chi connectivity index (χ1n) is 10.6. The first-order valence-corrected chi connectivity index (χ1v) is 10.6. The van der Waals surface area contributed by atoms with Crippen LogP contribution < -0.4 is 5.32 Å². The molecule has 0 aliphatic carbocycles. The maximum atomic E-state index is 13.0. The van der Waals surface area contributed by atoms with Gasteiger partial charge >= 0.3 is 6.09 Å². The molecule has 0 saturated carbocycles. The molecule has 1 unspecified atom stereocenters. The van der Waals surface area contributed by atoms with E-state index in [4.69, 9.17) is 4.74 Å². The standard InChI is InChI=1S/C24H29N3O3/c1-4-17-8-11-27(15-18(17)5-2)20-9-12-26(13-10-20)23(28)19-6-7-21-16(3)30-24(29)25-22(21)14-19/h4-7,14,16,20H,1-2,8-13,15H2,3H3,(H,25,29). The zero-order valence-corrected chi connectivity index (χ0v) is 17.5. The molecule has 1 aromatic rings. The maximum Gasteiger partial charge on any atom is 0.412 e. The summed E-state index contributed by atoms with van der Waals surface area (Å²) in [6.07, 6.45) is 6.04. The van der Waals surface area contributed by atoms with Gasteiger partial charge in [0.05, 0.1) is 5.69 Å². The van der Waals surface area contributed by atoms with E-state index in [1.165, 1.54) is 11.1 Å². The number of allylic oxidation sites excluding steroid dienone is 1. The van der Waals surface area contributed by atoms with E-state index >= 15 is 0 Å². The Morgan fingerprint density at radius 1 is 1.17 bits per heavy atom. The van der Waals surface area contributed by atoms with Crippen LogP contribution in [0.1, 0.15) is 48.2 Å². The monoisotopic (exact) mass is 407 g/mol. The molecule has 0 bridgehead atoms. The largest absolute Gasteiger partial charge is 0.441 e. The van der Waals surface area contributed by atoms with Crippen molar-refractivity contribution in [2.45, 2.75) is 38.3 Å². The second kappa shape index (κ2) is 8.48. The van der Waals surface area contributed by atoms with Gasteiger partial charge in [0.15, 0.2) is 0 Å². The summed E-state index contributed by atoms with van der Waals surface area (Å²) in [4.78, 5) is 29.1. The molecule has 3 aliphatic heterocycles. The zero-order valence-electron chi connectivity index (χ0n) is 17.5. The SMILES string of the molecule is C=CC1=C(C=C)CN(C2CCN(C(=O)c3ccc4c(c3)NC(=O)OC4C)CC2)CC1. The summed E-state index contributed by atoms with van der Waals surface area (Å²) in [5.74, 6) is 0.0175. The van der Waals surface area contributed by atoms with E-state index in [1.807, 2.05) is 36.1 Å². The number of carbonyl (C=O) groups is 2. The number of carbonyl (C=O) groups excluding carboxylic acids is 2. The Kier molecular flexibility index (Phi) is 5.77. The van der Waals surface area contributed by atoms with E-state index in [-0.39, 0.29) is 12.0 Å². The average molecular weight is 408 g/mol. The number of fused-ring (bicyclic) bond motifs is 1. The molecule has 1 fully saturated rings. The van der Waals surface area contributed by atoms with Crippen molar-refractivity contribution >= 4 is 17.7 Å². The van der Waals surface area contributed by atoms with Gasteiger partial charge in [-0.3, -0.25) is 15.0 Å². The summed E-state index contributed by atoms with van der Waals surface area (Å²) >= 11 is 0. The highest BCUT2D eigenvalue weighted by Gasteiger charge is 2.30. The minimum atomic E-state index is -0.477. The number of likely N-dealkylation sites (tertiary alicyclic amines) is 1. The fraction of sp³-hybridized carbons (Fsp3) is 0.417. The Morgan fingerprint density at radius 3 is 2.60 bits per heavy atom. The van der Waals surface area contributed by atoms with Gasteiger partial charge in [-0.25, -0.2) is 4.79 Å². The summed E-state index contributed by atoms with van der Waals surface area (Å²) in [5, 5.41) is 2.70. The molecule has 6 heteroatoms. The molecule has 6 nitrogen and oxygen atoms in total. The highest BCUT2D eigenvalue weighted by Crippen LogP contribution is 2.32. The smallest absolute Gasteiger partial charge is 0.412 e. The lowest BCUT2D eigenvalue weighted by Gasteiger charge is -2.40. The van der Waals surface area contributed by atoms with Gasteiger partial charge in [-0.1, -0.05) is 31.4 Å². The molecule has 0 spiro atoms. The molecule has 1 atom stereocenters. The third kappa shape index (κ3) is 3.92.